The number of hydrogen-bond donors (Lipinski definition) is 0. The zero-order valence-corrected chi connectivity index (χ0v) is 20.8. The number of carbonyl (C=O) groups is 1. The number of carbonyl (C=O) groups excluding carboxylic acids is 1. The molecule has 7 nitrogen and oxygen atoms in total. The molecule has 1 unspecified atom stereocenters. The van der Waals surface area contributed by atoms with Crippen LogP contribution in [0, 0.1) is 0 Å². The smallest absolute Gasteiger partial charge is 0.243 e. The third-order valence-corrected chi connectivity index (χ3v) is 8.74. The van der Waals surface area contributed by atoms with Crippen molar-refractivity contribution in [3.8, 4) is 0 Å². The maximum absolute atomic E-state index is 13.1. The Bertz CT molecular complexity index is 1100. The van der Waals surface area contributed by atoms with Crippen LogP contribution in [0.1, 0.15) is 44.5 Å². The first-order valence-corrected chi connectivity index (χ1v) is 13.1. The van der Waals surface area contributed by atoms with E-state index in [1.807, 2.05) is 30.0 Å². The minimum absolute atomic E-state index is 0.0247. The molecule has 2 aliphatic rings. The van der Waals surface area contributed by atoms with Crippen LogP contribution in [0.15, 0.2) is 47.5 Å². The molecule has 2 aliphatic heterocycles. The second-order valence-electron chi connectivity index (χ2n) is 10.0. The Morgan fingerprint density at radius 3 is 2.30 bits per heavy atom. The van der Waals surface area contributed by atoms with Gasteiger partial charge in [-0.2, -0.15) is 4.31 Å². The number of fused-ring (bicyclic) bond motifs is 1. The van der Waals surface area contributed by atoms with Gasteiger partial charge in [-0.3, -0.25) is 14.7 Å². The average molecular weight is 471 g/mol. The van der Waals surface area contributed by atoms with Crippen molar-refractivity contribution in [3.05, 3.63) is 59.4 Å². The summed E-state index contributed by atoms with van der Waals surface area (Å²) in [5.74, 6) is 0.0837. The van der Waals surface area contributed by atoms with Gasteiger partial charge in [0, 0.05) is 38.9 Å². The molecule has 0 spiro atoms. The standard InChI is InChI=1S/C25H34N4O3S/c1-19(24(30)28-13-11-20-6-5-12-26-23(20)18-28)27-14-16-29(17-15-27)33(31,32)22-9-7-21(8-10-22)25(2,3)4/h5-10,12,19H,11,13-18H2,1-4H3. The van der Waals surface area contributed by atoms with Gasteiger partial charge in [-0.1, -0.05) is 39.0 Å². The Balaban J connectivity index is 1.36. The summed E-state index contributed by atoms with van der Waals surface area (Å²) in [5.41, 5.74) is 3.26. The number of pyridine rings is 1. The highest BCUT2D eigenvalue weighted by Crippen LogP contribution is 2.25. The van der Waals surface area contributed by atoms with Crippen LogP contribution >= 0.6 is 0 Å². The van der Waals surface area contributed by atoms with Gasteiger partial charge in [0.1, 0.15) is 0 Å². The first-order chi connectivity index (χ1) is 15.6. The molecular formula is C25H34N4O3S. The summed E-state index contributed by atoms with van der Waals surface area (Å²) >= 11 is 0. The maximum Gasteiger partial charge on any atom is 0.243 e. The Hall–Kier alpha value is -2.29. The molecule has 8 heteroatoms. The van der Waals surface area contributed by atoms with Crippen molar-refractivity contribution in [2.45, 2.75) is 57.0 Å². The zero-order valence-electron chi connectivity index (χ0n) is 20.0. The molecule has 0 radical (unpaired) electrons. The monoisotopic (exact) mass is 470 g/mol. The molecule has 0 saturated carbocycles. The lowest BCUT2D eigenvalue weighted by molar-refractivity contribution is -0.137. The van der Waals surface area contributed by atoms with Crippen molar-refractivity contribution in [1.29, 1.82) is 0 Å². The fourth-order valence-electron chi connectivity index (χ4n) is 4.57. The number of benzene rings is 1. The molecule has 1 amide bonds. The number of rotatable bonds is 4. The summed E-state index contributed by atoms with van der Waals surface area (Å²) in [5, 5.41) is 0. The summed E-state index contributed by atoms with van der Waals surface area (Å²) in [6, 6.07) is 10.9. The van der Waals surface area contributed by atoms with Gasteiger partial charge in [0.25, 0.3) is 0 Å². The molecule has 178 valence electrons. The highest BCUT2D eigenvalue weighted by atomic mass is 32.2. The molecule has 1 fully saturated rings. The Labute approximate surface area is 197 Å². The molecule has 1 atom stereocenters. The lowest BCUT2D eigenvalue weighted by Gasteiger charge is -2.39. The highest BCUT2D eigenvalue weighted by Gasteiger charge is 2.34. The first kappa shape index (κ1) is 23.9. The van der Waals surface area contributed by atoms with E-state index in [-0.39, 0.29) is 17.4 Å². The topological polar surface area (TPSA) is 73.8 Å². The molecule has 1 aromatic heterocycles. The quantitative estimate of drug-likeness (QED) is 0.687. The maximum atomic E-state index is 13.1. The van der Waals surface area contributed by atoms with E-state index in [0.717, 1.165) is 17.7 Å². The Morgan fingerprint density at radius 1 is 1.00 bits per heavy atom. The van der Waals surface area contributed by atoms with Crippen molar-refractivity contribution in [2.75, 3.05) is 32.7 Å². The first-order valence-electron chi connectivity index (χ1n) is 11.6. The van der Waals surface area contributed by atoms with Crippen LogP contribution in [-0.4, -0.2) is 72.2 Å². The van der Waals surface area contributed by atoms with Gasteiger partial charge < -0.3 is 4.90 Å². The fraction of sp³-hybridized carbons (Fsp3) is 0.520. The van der Waals surface area contributed by atoms with E-state index in [4.69, 9.17) is 0 Å². The largest absolute Gasteiger partial charge is 0.335 e. The predicted octanol–water partition coefficient (Wildman–Crippen LogP) is 2.66. The number of amides is 1. The van der Waals surface area contributed by atoms with Crippen molar-refractivity contribution >= 4 is 15.9 Å². The summed E-state index contributed by atoms with van der Waals surface area (Å²) in [6.45, 7) is 11.3. The number of sulfonamides is 1. The SMILES string of the molecule is CC(C(=O)N1CCc2cccnc2C1)N1CCN(S(=O)(=O)c2ccc(C(C)(C)C)cc2)CC1. The third kappa shape index (κ3) is 4.98. The summed E-state index contributed by atoms with van der Waals surface area (Å²) in [6.07, 6.45) is 2.59. The van der Waals surface area contributed by atoms with Gasteiger partial charge in [0.05, 0.1) is 23.2 Å². The van der Waals surface area contributed by atoms with Crippen molar-refractivity contribution in [1.82, 2.24) is 19.1 Å². The van der Waals surface area contributed by atoms with Crippen molar-refractivity contribution in [3.63, 3.8) is 0 Å². The van der Waals surface area contributed by atoms with Crippen LogP contribution in [0.2, 0.25) is 0 Å². The van der Waals surface area contributed by atoms with E-state index >= 15 is 0 Å². The molecule has 0 N–H and O–H groups in total. The summed E-state index contributed by atoms with van der Waals surface area (Å²) in [7, 11) is -3.54. The van der Waals surface area contributed by atoms with Crippen LogP contribution in [0.3, 0.4) is 0 Å². The molecule has 0 aliphatic carbocycles. The van der Waals surface area contributed by atoms with Crippen LogP contribution in [0.4, 0.5) is 0 Å². The number of hydrogen-bond acceptors (Lipinski definition) is 5. The molecule has 2 aromatic rings. The van der Waals surface area contributed by atoms with Crippen molar-refractivity contribution in [2.24, 2.45) is 0 Å². The number of nitrogens with zero attached hydrogens (tertiary/aromatic N) is 4. The predicted molar refractivity (Wildman–Crippen MR) is 128 cm³/mol. The van der Waals surface area contributed by atoms with E-state index in [0.29, 0.717) is 44.2 Å². The lowest BCUT2D eigenvalue weighted by atomic mass is 9.87. The molecular weight excluding hydrogens is 436 g/mol. The molecule has 0 bridgehead atoms. The third-order valence-electron chi connectivity index (χ3n) is 6.82. The van der Waals surface area contributed by atoms with Gasteiger partial charge >= 0.3 is 0 Å². The van der Waals surface area contributed by atoms with E-state index in [9.17, 15) is 13.2 Å². The number of aromatic nitrogens is 1. The van der Waals surface area contributed by atoms with Gasteiger partial charge in [-0.15, -0.1) is 0 Å². The van der Waals surface area contributed by atoms with Crippen LogP contribution < -0.4 is 0 Å². The minimum Gasteiger partial charge on any atom is -0.335 e. The second kappa shape index (κ2) is 9.16. The molecule has 4 rings (SSSR count). The van der Waals surface area contributed by atoms with Crippen LogP contribution in [0.25, 0.3) is 0 Å². The molecule has 1 saturated heterocycles. The molecule has 3 heterocycles. The van der Waals surface area contributed by atoms with Gasteiger partial charge in [-0.05, 0) is 48.1 Å². The minimum atomic E-state index is -3.54. The van der Waals surface area contributed by atoms with Gasteiger partial charge in [0.15, 0.2) is 0 Å². The second-order valence-corrected chi connectivity index (χ2v) is 11.9. The van der Waals surface area contributed by atoms with Crippen LogP contribution in [-0.2, 0) is 33.2 Å². The van der Waals surface area contributed by atoms with E-state index in [1.54, 1.807) is 18.3 Å². The molecule has 1 aromatic carbocycles. The zero-order chi connectivity index (χ0) is 23.8. The fourth-order valence-corrected chi connectivity index (χ4v) is 5.99. The van der Waals surface area contributed by atoms with E-state index in [1.165, 1.54) is 9.87 Å². The van der Waals surface area contributed by atoms with E-state index < -0.39 is 10.0 Å². The number of piperazine rings is 1. The van der Waals surface area contributed by atoms with Gasteiger partial charge in [0.2, 0.25) is 15.9 Å². The normalized spacial score (nSPS) is 19.2. The highest BCUT2D eigenvalue weighted by molar-refractivity contribution is 7.89. The van der Waals surface area contributed by atoms with Gasteiger partial charge in [-0.25, -0.2) is 8.42 Å². The molecule has 33 heavy (non-hydrogen) atoms. The Morgan fingerprint density at radius 2 is 1.67 bits per heavy atom. The lowest BCUT2D eigenvalue weighted by Crippen LogP contribution is -2.55. The summed E-state index contributed by atoms with van der Waals surface area (Å²) < 4.78 is 27.8. The Kier molecular flexibility index (Phi) is 6.62. The van der Waals surface area contributed by atoms with Crippen LogP contribution in [0.5, 0.6) is 0 Å². The average Bonchev–Trinajstić information content (AvgIpc) is 2.82. The van der Waals surface area contributed by atoms with E-state index in [2.05, 4.69) is 36.7 Å². The summed E-state index contributed by atoms with van der Waals surface area (Å²) in [4.78, 5) is 21.9. The van der Waals surface area contributed by atoms with Crippen molar-refractivity contribution < 1.29 is 13.2 Å².